The third-order valence-electron chi connectivity index (χ3n) is 4.53. The number of benzene rings is 1. The number of likely N-dealkylation sites (N-methyl/N-ethyl adjacent to an activating group) is 1. The number of hydrogen-bond acceptors (Lipinski definition) is 4. The number of piperidine rings is 1. The summed E-state index contributed by atoms with van der Waals surface area (Å²) < 4.78 is 11.4. The Morgan fingerprint density at radius 1 is 1.21 bits per heavy atom. The molecule has 7 heteroatoms. The van der Waals surface area contributed by atoms with E-state index in [1.165, 1.54) is 0 Å². The Hall–Kier alpha value is -0.850. The maximum Gasteiger partial charge on any atom is 0.236 e. The van der Waals surface area contributed by atoms with Crippen LogP contribution in [0, 0.1) is 0 Å². The Balaban J connectivity index is 1.48. The molecule has 0 atom stereocenters. The SMILES string of the molecule is CN(CC(=O)N1CCC2(CC1)OCCO2)Cc1ccc(Cl)c(Cl)c1. The number of ether oxygens (including phenoxy) is 2. The van der Waals surface area contributed by atoms with Crippen molar-refractivity contribution in [2.45, 2.75) is 25.2 Å². The largest absolute Gasteiger partial charge is 0.347 e. The third-order valence-corrected chi connectivity index (χ3v) is 5.27. The van der Waals surface area contributed by atoms with Crippen LogP contribution in [0.5, 0.6) is 0 Å². The summed E-state index contributed by atoms with van der Waals surface area (Å²) in [5.41, 5.74) is 1.03. The molecule has 2 aliphatic rings. The first-order chi connectivity index (χ1) is 11.5. The second-order valence-corrected chi connectivity index (χ2v) is 7.22. The predicted octanol–water partition coefficient (Wildman–Crippen LogP) is 2.79. The summed E-state index contributed by atoms with van der Waals surface area (Å²) in [7, 11) is 1.93. The van der Waals surface area contributed by atoms with Gasteiger partial charge in [0.1, 0.15) is 0 Å². The van der Waals surface area contributed by atoms with E-state index in [0.29, 0.717) is 49.4 Å². The minimum absolute atomic E-state index is 0.130. The molecule has 0 aliphatic carbocycles. The zero-order chi connectivity index (χ0) is 17.2. The molecule has 132 valence electrons. The molecule has 2 saturated heterocycles. The summed E-state index contributed by atoms with van der Waals surface area (Å²) in [5.74, 6) is -0.312. The van der Waals surface area contributed by atoms with Gasteiger partial charge in [0.15, 0.2) is 5.79 Å². The van der Waals surface area contributed by atoms with Gasteiger partial charge in [0.2, 0.25) is 5.91 Å². The fourth-order valence-corrected chi connectivity index (χ4v) is 3.54. The molecule has 1 amide bonds. The van der Waals surface area contributed by atoms with E-state index in [1.54, 1.807) is 6.07 Å². The lowest BCUT2D eigenvalue weighted by Crippen LogP contribution is -2.49. The smallest absolute Gasteiger partial charge is 0.236 e. The van der Waals surface area contributed by atoms with Crippen molar-refractivity contribution in [1.29, 1.82) is 0 Å². The molecule has 2 aliphatic heterocycles. The van der Waals surface area contributed by atoms with Crippen LogP contribution in [0.4, 0.5) is 0 Å². The van der Waals surface area contributed by atoms with Crippen molar-refractivity contribution >= 4 is 29.1 Å². The summed E-state index contributed by atoms with van der Waals surface area (Å²) in [6, 6.07) is 5.54. The van der Waals surface area contributed by atoms with Gasteiger partial charge in [-0.1, -0.05) is 29.3 Å². The summed E-state index contributed by atoms with van der Waals surface area (Å²) in [5, 5.41) is 1.07. The van der Waals surface area contributed by atoms with E-state index in [9.17, 15) is 4.79 Å². The zero-order valence-electron chi connectivity index (χ0n) is 13.8. The normalized spacial score (nSPS) is 20.1. The van der Waals surface area contributed by atoms with Gasteiger partial charge in [-0.05, 0) is 24.7 Å². The van der Waals surface area contributed by atoms with Crippen LogP contribution in [-0.4, -0.2) is 61.4 Å². The summed E-state index contributed by atoms with van der Waals surface area (Å²) >= 11 is 12.0. The van der Waals surface area contributed by atoms with Crippen molar-refractivity contribution < 1.29 is 14.3 Å². The Morgan fingerprint density at radius 2 is 1.88 bits per heavy atom. The molecular formula is C17H22Cl2N2O3. The van der Waals surface area contributed by atoms with Crippen LogP contribution in [0.15, 0.2) is 18.2 Å². The zero-order valence-corrected chi connectivity index (χ0v) is 15.3. The van der Waals surface area contributed by atoms with Crippen molar-refractivity contribution in [1.82, 2.24) is 9.80 Å². The minimum atomic E-state index is -0.442. The van der Waals surface area contributed by atoms with Gasteiger partial charge >= 0.3 is 0 Å². The number of nitrogens with zero attached hydrogens (tertiary/aromatic N) is 2. The fraction of sp³-hybridized carbons (Fsp3) is 0.588. The highest BCUT2D eigenvalue weighted by Crippen LogP contribution is 2.31. The first kappa shape index (κ1) is 18.0. The minimum Gasteiger partial charge on any atom is -0.347 e. The molecule has 0 aromatic heterocycles. The van der Waals surface area contributed by atoms with Crippen LogP contribution in [0.1, 0.15) is 18.4 Å². The van der Waals surface area contributed by atoms with Crippen LogP contribution in [0.2, 0.25) is 10.0 Å². The van der Waals surface area contributed by atoms with E-state index in [4.69, 9.17) is 32.7 Å². The fourth-order valence-electron chi connectivity index (χ4n) is 3.22. The second kappa shape index (κ2) is 7.58. The molecular weight excluding hydrogens is 351 g/mol. The molecule has 0 N–H and O–H groups in total. The quantitative estimate of drug-likeness (QED) is 0.814. The Labute approximate surface area is 152 Å². The van der Waals surface area contributed by atoms with E-state index in [-0.39, 0.29) is 5.91 Å². The summed E-state index contributed by atoms with van der Waals surface area (Å²) in [4.78, 5) is 16.4. The maximum atomic E-state index is 12.5. The van der Waals surface area contributed by atoms with Crippen molar-refractivity contribution in [2.75, 3.05) is 39.9 Å². The van der Waals surface area contributed by atoms with Crippen LogP contribution >= 0.6 is 23.2 Å². The molecule has 2 fully saturated rings. The number of likely N-dealkylation sites (tertiary alicyclic amines) is 1. The molecule has 5 nitrogen and oxygen atoms in total. The highest BCUT2D eigenvalue weighted by molar-refractivity contribution is 6.42. The lowest BCUT2D eigenvalue weighted by atomic mass is 10.0. The molecule has 3 rings (SSSR count). The molecule has 0 saturated carbocycles. The van der Waals surface area contributed by atoms with Gasteiger partial charge < -0.3 is 14.4 Å². The van der Waals surface area contributed by atoms with E-state index in [2.05, 4.69) is 0 Å². The Kier molecular flexibility index (Phi) is 5.67. The number of halogens is 2. The summed E-state index contributed by atoms with van der Waals surface area (Å²) in [6.07, 6.45) is 1.49. The number of amides is 1. The van der Waals surface area contributed by atoms with Gasteiger partial charge in [-0.15, -0.1) is 0 Å². The van der Waals surface area contributed by atoms with Crippen LogP contribution in [0.25, 0.3) is 0 Å². The standard InChI is InChI=1S/C17H22Cl2N2O3/c1-20(11-13-2-3-14(18)15(19)10-13)12-16(22)21-6-4-17(5-7-21)23-8-9-24-17/h2-3,10H,4-9,11-12H2,1H3. The first-order valence-corrected chi connectivity index (χ1v) is 8.91. The second-order valence-electron chi connectivity index (χ2n) is 6.41. The van der Waals surface area contributed by atoms with Crippen molar-refractivity contribution in [3.05, 3.63) is 33.8 Å². The van der Waals surface area contributed by atoms with Crippen LogP contribution < -0.4 is 0 Å². The Bertz CT molecular complexity index is 595. The molecule has 2 heterocycles. The van der Waals surface area contributed by atoms with Crippen molar-refractivity contribution in [2.24, 2.45) is 0 Å². The monoisotopic (exact) mass is 372 g/mol. The molecule has 1 aromatic rings. The molecule has 1 spiro atoms. The number of hydrogen-bond donors (Lipinski definition) is 0. The highest BCUT2D eigenvalue weighted by atomic mass is 35.5. The molecule has 1 aromatic carbocycles. The van der Waals surface area contributed by atoms with Gasteiger partial charge in [-0.2, -0.15) is 0 Å². The lowest BCUT2D eigenvalue weighted by Gasteiger charge is -2.38. The van der Waals surface area contributed by atoms with Gasteiger partial charge in [-0.25, -0.2) is 0 Å². The van der Waals surface area contributed by atoms with E-state index < -0.39 is 5.79 Å². The number of carbonyl (C=O) groups excluding carboxylic acids is 1. The predicted molar refractivity (Wildman–Crippen MR) is 93.2 cm³/mol. The average molecular weight is 373 g/mol. The highest BCUT2D eigenvalue weighted by Gasteiger charge is 2.40. The Morgan fingerprint density at radius 3 is 2.50 bits per heavy atom. The molecule has 0 bridgehead atoms. The van der Waals surface area contributed by atoms with Crippen molar-refractivity contribution in [3.63, 3.8) is 0 Å². The molecule has 0 unspecified atom stereocenters. The van der Waals surface area contributed by atoms with Gasteiger partial charge in [0.05, 0.1) is 29.8 Å². The maximum absolute atomic E-state index is 12.5. The lowest BCUT2D eigenvalue weighted by molar-refractivity contribution is -0.187. The third kappa shape index (κ3) is 4.21. The molecule has 0 radical (unpaired) electrons. The van der Waals surface area contributed by atoms with E-state index in [0.717, 1.165) is 18.4 Å². The number of rotatable bonds is 4. The van der Waals surface area contributed by atoms with Crippen LogP contribution in [-0.2, 0) is 20.8 Å². The topological polar surface area (TPSA) is 42.0 Å². The van der Waals surface area contributed by atoms with E-state index >= 15 is 0 Å². The van der Waals surface area contributed by atoms with Gasteiger partial charge in [0.25, 0.3) is 0 Å². The van der Waals surface area contributed by atoms with E-state index in [1.807, 2.05) is 29.0 Å². The first-order valence-electron chi connectivity index (χ1n) is 8.16. The molecule has 24 heavy (non-hydrogen) atoms. The number of carbonyl (C=O) groups is 1. The van der Waals surface area contributed by atoms with Gasteiger partial charge in [0, 0.05) is 32.5 Å². The van der Waals surface area contributed by atoms with Gasteiger partial charge in [-0.3, -0.25) is 9.69 Å². The van der Waals surface area contributed by atoms with Crippen molar-refractivity contribution in [3.8, 4) is 0 Å². The summed E-state index contributed by atoms with van der Waals surface area (Å²) in [6.45, 7) is 3.68. The van der Waals surface area contributed by atoms with Crippen LogP contribution in [0.3, 0.4) is 0 Å². The average Bonchev–Trinajstić information content (AvgIpc) is 2.99.